The van der Waals surface area contributed by atoms with Crippen LogP contribution in [0.2, 0.25) is 0 Å². The van der Waals surface area contributed by atoms with Gasteiger partial charge < -0.3 is 24.2 Å². The van der Waals surface area contributed by atoms with Crippen LogP contribution in [0.5, 0.6) is 0 Å². The minimum atomic E-state index is 0.638. The van der Waals surface area contributed by atoms with Crippen molar-refractivity contribution in [3.05, 3.63) is 29.1 Å². The summed E-state index contributed by atoms with van der Waals surface area (Å²) in [6.45, 7) is 10.2. The maximum atomic E-state index is 5.56. The second kappa shape index (κ2) is 8.08. The molecular weight excluding hydrogens is 370 g/mol. The smallest absolute Gasteiger partial charge is 0.227 e. The molecule has 2 aromatic heterocycles. The highest BCUT2D eigenvalue weighted by Gasteiger charge is 2.23. The van der Waals surface area contributed by atoms with E-state index >= 15 is 0 Å². The number of ether oxygens (including phenoxy) is 2. The van der Waals surface area contributed by atoms with Gasteiger partial charge in [-0.15, -0.1) is 5.10 Å². The molecule has 3 aliphatic heterocycles. The number of hydrogen-bond acceptors (Lipinski definition) is 9. The molecule has 29 heavy (non-hydrogen) atoms. The molecule has 9 heteroatoms. The van der Waals surface area contributed by atoms with E-state index in [1.165, 1.54) is 5.56 Å². The highest BCUT2D eigenvalue weighted by Crippen LogP contribution is 2.23. The van der Waals surface area contributed by atoms with Gasteiger partial charge in [-0.2, -0.15) is 10.1 Å². The summed E-state index contributed by atoms with van der Waals surface area (Å²) >= 11 is 0. The third kappa shape index (κ3) is 3.97. The Bertz CT molecular complexity index is 864. The lowest BCUT2D eigenvalue weighted by Gasteiger charge is -2.36. The zero-order chi connectivity index (χ0) is 19.6. The molecule has 3 aliphatic rings. The largest absolute Gasteiger partial charge is 0.378 e. The molecule has 0 bridgehead atoms. The van der Waals surface area contributed by atoms with Crippen molar-refractivity contribution in [1.29, 1.82) is 0 Å². The zero-order valence-corrected chi connectivity index (χ0v) is 16.9. The molecule has 0 unspecified atom stereocenters. The van der Waals surface area contributed by atoms with Crippen LogP contribution in [0.25, 0.3) is 0 Å². The second-order valence-electron chi connectivity index (χ2n) is 7.72. The van der Waals surface area contributed by atoms with Crippen LogP contribution in [0.3, 0.4) is 0 Å². The van der Waals surface area contributed by atoms with Gasteiger partial charge in [-0.25, -0.2) is 4.98 Å². The van der Waals surface area contributed by atoms with E-state index in [4.69, 9.17) is 19.4 Å². The Morgan fingerprint density at radius 2 is 1.52 bits per heavy atom. The molecule has 2 fully saturated rings. The Morgan fingerprint density at radius 3 is 2.34 bits per heavy atom. The Balaban J connectivity index is 1.27. The van der Waals surface area contributed by atoms with E-state index in [9.17, 15) is 0 Å². The first-order valence-electron chi connectivity index (χ1n) is 10.4. The first kappa shape index (κ1) is 18.5. The molecule has 2 saturated heterocycles. The van der Waals surface area contributed by atoms with E-state index in [2.05, 4.69) is 37.0 Å². The summed E-state index contributed by atoms with van der Waals surface area (Å²) < 4.78 is 11.0. The van der Waals surface area contributed by atoms with Crippen molar-refractivity contribution in [3.8, 4) is 0 Å². The quantitative estimate of drug-likeness (QED) is 0.747. The van der Waals surface area contributed by atoms with E-state index in [0.29, 0.717) is 6.61 Å². The van der Waals surface area contributed by atoms with E-state index in [-0.39, 0.29) is 0 Å². The number of anilines is 3. The van der Waals surface area contributed by atoms with Crippen molar-refractivity contribution in [1.82, 2.24) is 20.2 Å². The minimum absolute atomic E-state index is 0.638. The maximum absolute atomic E-state index is 5.56. The fourth-order valence-corrected chi connectivity index (χ4v) is 4.05. The van der Waals surface area contributed by atoms with Gasteiger partial charge in [-0.1, -0.05) is 0 Å². The highest BCUT2D eigenvalue weighted by atomic mass is 16.5. The fourth-order valence-electron chi connectivity index (χ4n) is 4.05. The van der Waals surface area contributed by atoms with Gasteiger partial charge in [0, 0.05) is 63.0 Å². The summed E-state index contributed by atoms with van der Waals surface area (Å²) in [5.41, 5.74) is 3.24. The average molecular weight is 397 g/mol. The number of aryl methyl sites for hydroxylation is 1. The Hall–Kier alpha value is -2.52. The summed E-state index contributed by atoms with van der Waals surface area (Å²) in [5, 5.41) is 8.88. The zero-order valence-electron chi connectivity index (χ0n) is 16.9. The highest BCUT2D eigenvalue weighted by molar-refractivity contribution is 5.48. The molecule has 0 atom stereocenters. The summed E-state index contributed by atoms with van der Waals surface area (Å²) in [5.74, 6) is 2.75. The van der Waals surface area contributed by atoms with Crippen molar-refractivity contribution in [2.45, 2.75) is 20.0 Å². The van der Waals surface area contributed by atoms with Gasteiger partial charge >= 0.3 is 0 Å². The fraction of sp³-hybridized carbons (Fsp3) is 0.600. The first-order chi connectivity index (χ1) is 14.3. The van der Waals surface area contributed by atoms with E-state index in [1.54, 1.807) is 0 Å². The number of aromatic nitrogens is 4. The number of morpholine rings is 1. The van der Waals surface area contributed by atoms with Crippen molar-refractivity contribution in [3.63, 3.8) is 0 Å². The van der Waals surface area contributed by atoms with Crippen LogP contribution in [0.15, 0.2) is 12.1 Å². The van der Waals surface area contributed by atoms with Crippen molar-refractivity contribution in [2.24, 2.45) is 0 Å². The van der Waals surface area contributed by atoms with Crippen LogP contribution in [0.4, 0.5) is 17.6 Å². The average Bonchev–Trinajstić information content (AvgIpc) is 2.79. The number of piperazine rings is 1. The molecule has 5 rings (SSSR count). The Kier molecular flexibility index (Phi) is 5.15. The molecule has 0 aromatic carbocycles. The number of hydrogen-bond donors (Lipinski definition) is 0. The van der Waals surface area contributed by atoms with E-state index in [0.717, 1.165) is 94.5 Å². The summed E-state index contributed by atoms with van der Waals surface area (Å²) in [7, 11) is 0. The molecule has 0 saturated carbocycles. The SMILES string of the molecule is Cc1cc(N2CCOCC2)nc(N2CCN(c3cc4c(nn3)CCOC4)CC2)n1. The lowest BCUT2D eigenvalue weighted by Crippen LogP contribution is -2.47. The maximum Gasteiger partial charge on any atom is 0.227 e. The minimum Gasteiger partial charge on any atom is -0.378 e. The summed E-state index contributed by atoms with van der Waals surface area (Å²) in [6.07, 6.45) is 0.854. The molecule has 0 N–H and O–H groups in total. The molecule has 9 nitrogen and oxygen atoms in total. The van der Waals surface area contributed by atoms with Crippen LogP contribution >= 0.6 is 0 Å². The van der Waals surface area contributed by atoms with Crippen LogP contribution in [0, 0.1) is 6.92 Å². The lowest BCUT2D eigenvalue weighted by molar-refractivity contribution is 0.109. The normalized spacial score (nSPS) is 20.0. The van der Waals surface area contributed by atoms with Gasteiger partial charge in [0.25, 0.3) is 0 Å². The predicted octanol–water partition coefficient (Wildman–Crippen LogP) is 0.811. The Labute approximate surface area is 170 Å². The molecule has 0 amide bonds. The molecular formula is C20H27N7O2. The lowest BCUT2D eigenvalue weighted by atomic mass is 10.1. The predicted molar refractivity (Wildman–Crippen MR) is 110 cm³/mol. The number of nitrogens with zero attached hydrogens (tertiary/aromatic N) is 7. The summed E-state index contributed by atoms with van der Waals surface area (Å²) in [6, 6.07) is 4.20. The first-order valence-corrected chi connectivity index (χ1v) is 10.4. The van der Waals surface area contributed by atoms with Crippen molar-refractivity contribution >= 4 is 17.6 Å². The van der Waals surface area contributed by atoms with E-state index in [1.807, 2.05) is 6.92 Å². The van der Waals surface area contributed by atoms with Gasteiger partial charge in [-0.05, 0) is 13.0 Å². The topological polar surface area (TPSA) is 79.7 Å². The van der Waals surface area contributed by atoms with Crippen molar-refractivity contribution in [2.75, 3.05) is 73.8 Å². The van der Waals surface area contributed by atoms with Crippen LogP contribution in [-0.4, -0.2) is 79.3 Å². The Morgan fingerprint density at radius 1 is 0.759 bits per heavy atom. The van der Waals surface area contributed by atoms with Gasteiger partial charge in [-0.3, -0.25) is 0 Å². The second-order valence-corrected chi connectivity index (χ2v) is 7.72. The molecule has 0 aliphatic carbocycles. The monoisotopic (exact) mass is 397 g/mol. The summed E-state index contributed by atoms with van der Waals surface area (Å²) in [4.78, 5) is 16.4. The standard InChI is InChI=1S/C20H27N7O2/c1-15-12-18(26-7-10-28-11-8-26)22-20(21-15)27-5-3-25(4-6-27)19-13-16-14-29-9-2-17(16)23-24-19/h12-13H,2-11,14H2,1H3. The van der Waals surface area contributed by atoms with E-state index < -0.39 is 0 Å². The molecule has 2 aromatic rings. The van der Waals surface area contributed by atoms with Gasteiger partial charge in [0.2, 0.25) is 5.95 Å². The molecule has 0 spiro atoms. The molecule has 0 radical (unpaired) electrons. The van der Waals surface area contributed by atoms with Gasteiger partial charge in [0.15, 0.2) is 5.82 Å². The number of rotatable bonds is 3. The number of fused-ring (bicyclic) bond motifs is 1. The molecule has 5 heterocycles. The van der Waals surface area contributed by atoms with Crippen LogP contribution in [0.1, 0.15) is 17.0 Å². The third-order valence-corrected chi connectivity index (χ3v) is 5.74. The van der Waals surface area contributed by atoms with Gasteiger partial charge in [0.05, 0.1) is 32.1 Å². The van der Waals surface area contributed by atoms with Crippen molar-refractivity contribution < 1.29 is 9.47 Å². The van der Waals surface area contributed by atoms with Crippen LogP contribution < -0.4 is 14.7 Å². The third-order valence-electron chi connectivity index (χ3n) is 5.74. The van der Waals surface area contributed by atoms with Gasteiger partial charge in [0.1, 0.15) is 5.82 Å². The van der Waals surface area contributed by atoms with Crippen LogP contribution in [-0.2, 0) is 22.5 Å². The molecule has 154 valence electrons.